The largest absolute Gasteiger partial charge is 0.490 e. The summed E-state index contributed by atoms with van der Waals surface area (Å²) < 4.78 is 12.5. The number of fused-ring (bicyclic) bond motifs is 1. The van der Waals surface area contributed by atoms with E-state index in [9.17, 15) is 14.4 Å². The Kier molecular flexibility index (Phi) is 10.8. The van der Waals surface area contributed by atoms with Crippen molar-refractivity contribution in [1.82, 2.24) is 9.55 Å². The molecule has 0 atom stereocenters. The van der Waals surface area contributed by atoms with Crippen LogP contribution in [0, 0.1) is 0 Å². The van der Waals surface area contributed by atoms with Crippen LogP contribution in [0.4, 0.5) is 16.2 Å². The maximum Gasteiger partial charge on any atom is 0.323 e. The first-order valence-electron chi connectivity index (χ1n) is 15.2. The fourth-order valence-corrected chi connectivity index (χ4v) is 5.26. The normalized spacial score (nSPS) is 11.2. The highest BCUT2D eigenvalue weighted by Crippen LogP contribution is 2.36. The first-order chi connectivity index (χ1) is 21.1. The molecular weight excluding hydrogens is 556 g/mol. The second-order valence-corrected chi connectivity index (χ2v) is 11.4. The maximum absolute atomic E-state index is 14.2. The highest BCUT2D eigenvalue weighted by Gasteiger charge is 2.23. The Hall–Kier alpha value is -4.66. The maximum atomic E-state index is 14.2. The number of ether oxygens (including phenoxy) is 2. The van der Waals surface area contributed by atoms with Gasteiger partial charge in [-0.25, -0.2) is 9.78 Å². The SMILES string of the molecule is CCCCn1c(=O)c(NC(=O)Nc2c(C(C)C)cccc2C(C)C)c(-c2cccc(OCCOC(C)=O)c2)c2cccnc21. The van der Waals surface area contributed by atoms with E-state index in [2.05, 4.69) is 50.2 Å². The Morgan fingerprint density at radius 3 is 2.25 bits per heavy atom. The average Bonchev–Trinajstić information content (AvgIpc) is 2.99. The number of nitrogens with zero attached hydrogens (tertiary/aromatic N) is 2. The van der Waals surface area contributed by atoms with Crippen molar-refractivity contribution < 1.29 is 19.1 Å². The summed E-state index contributed by atoms with van der Waals surface area (Å²) in [6, 6.07) is 16.5. The van der Waals surface area contributed by atoms with Gasteiger partial charge in [0.2, 0.25) is 0 Å². The van der Waals surface area contributed by atoms with Crippen LogP contribution in [0.15, 0.2) is 65.6 Å². The van der Waals surface area contributed by atoms with Gasteiger partial charge in [0, 0.05) is 36.3 Å². The number of carbonyl (C=O) groups excluding carboxylic acids is 2. The fraction of sp³-hybridized carbons (Fsp3) is 0.371. The number of aryl methyl sites for hydroxylation is 1. The zero-order valence-corrected chi connectivity index (χ0v) is 26.4. The predicted molar refractivity (Wildman–Crippen MR) is 176 cm³/mol. The summed E-state index contributed by atoms with van der Waals surface area (Å²) in [5, 5.41) is 6.75. The molecule has 0 saturated heterocycles. The number of hydrogen-bond acceptors (Lipinski definition) is 6. The van der Waals surface area contributed by atoms with Crippen LogP contribution in [-0.4, -0.2) is 34.8 Å². The third kappa shape index (κ3) is 7.45. The Bertz CT molecular complexity index is 1670. The van der Waals surface area contributed by atoms with E-state index in [-0.39, 0.29) is 42.3 Å². The Morgan fingerprint density at radius 1 is 0.909 bits per heavy atom. The molecule has 2 aromatic carbocycles. The molecular formula is C35H42N4O5. The number of hydrogen-bond donors (Lipinski definition) is 2. The summed E-state index contributed by atoms with van der Waals surface area (Å²) in [6.07, 6.45) is 3.34. The lowest BCUT2D eigenvalue weighted by Gasteiger charge is -2.22. The number of urea groups is 1. The van der Waals surface area contributed by atoms with Gasteiger partial charge in [-0.3, -0.25) is 14.2 Å². The van der Waals surface area contributed by atoms with Gasteiger partial charge in [-0.1, -0.05) is 71.4 Å². The molecule has 2 aromatic heterocycles. The summed E-state index contributed by atoms with van der Waals surface area (Å²) >= 11 is 0. The van der Waals surface area contributed by atoms with Gasteiger partial charge in [0.05, 0.1) is 0 Å². The quantitative estimate of drug-likeness (QED) is 0.128. The minimum absolute atomic E-state index is 0.114. The first kappa shape index (κ1) is 32.3. The molecule has 2 N–H and O–H groups in total. The van der Waals surface area contributed by atoms with Crippen molar-refractivity contribution >= 4 is 34.4 Å². The van der Waals surface area contributed by atoms with E-state index >= 15 is 0 Å². The molecule has 0 aliphatic heterocycles. The number of nitrogens with one attached hydrogen (secondary N) is 2. The molecule has 0 fully saturated rings. The van der Waals surface area contributed by atoms with E-state index in [1.165, 1.54) is 6.92 Å². The van der Waals surface area contributed by atoms with Gasteiger partial charge < -0.3 is 20.1 Å². The van der Waals surface area contributed by atoms with Crippen molar-refractivity contribution in [2.75, 3.05) is 23.8 Å². The molecule has 0 saturated carbocycles. The van der Waals surface area contributed by atoms with Crippen LogP contribution in [0.3, 0.4) is 0 Å². The van der Waals surface area contributed by atoms with Crippen LogP contribution in [0.1, 0.15) is 77.3 Å². The summed E-state index contributed by atoms with van der Waals surface area (Å²) in [6.45, 7) is 12.5. The number of unbranched alkanes of at least 4 members (excludes halogenated alkanes) is 1. The van der Waals surface area contributed by atoms with Crippen LogP contribution in [0.5, 0.6) is 5.75 Å². The molecule has 0 radical (unpaired) electrons. The molecule has 9 nitrogen and oxygen atoms in total. The summed E-state index contributed by atoms with van der Waals surface area (Å²) in [5.74, 6) is 0.516. The Labute approximate surface area is 258 Å². The van der Waals surface area contributed by atoms with Gasteiger partial charge in [-0.05, 0) is 59.2 Å². The lowest BCUT2D eigenvalue weighted by atomic mass is 9.93. The van der Waals surface area contributed by atoms with Crippen molar-refractivity contribution in [3.8, 4) is 16.9 Å². The van der Waals surface area contributed by atoms with Gasteiger partial charge in [0.1, 0.15) is 30.3 Å². The van der Waals surface area contributed by atoms with E-state index in [0.717, 1.165) is 35.0 Å². The van der Waals surface area contributed by atoms with Gasteiger partial charge >= 0.3 is 12.0 Å². The fourth-order valence-electron chi connectivity index (χ4n) is 5.26. The Morgan fingerprint density at radius 2 is 1.59 bits per heavy atom. The van der Waals surface area contributed by atoms with E-state index in [0.29, 0.717) is 29.1 Å². The lowest BCUT2D eigenvalue weighted by molar-refractivity contribution is -0.141. The van der Waals surface area contributed by atoms with Gasteiger partial charge in [0.25, 0.3) is 5.56 Å². The third-order valence-corrected chi connectivity index (χ3v) is 7.39. The molecule has 232 valence electrons. The molecule has 0 aliphatic carbocycles. The number of carbonyl (C=O) groups is 2. The second-order valence-electron chi connectivity index (χ2n) is 11.4. The highest BCUT2D eigenvalue weighted by molar-refractivity contribution is 6.07. The van der Waals surface area contributed by atoms with E-state index in [1.54, 1.807) is 22.9 Å². The molecule has 44 heavy (non-hydrogen) atoms. The molecule has 0 unspecified atom stereocenters. The molecule has 0 spiro atoms. The zero-order chi connectivity index (χ0) is 31.8. The topological polar surface area (TPSA) is 112 Å². The Balaban J connectivity index is 1.83. The van der Waals surface area contributed by atoms with Crippen molar-refractivity contribution in [2.45, 2.75) is 72.8 Å². The number of aromatic nitrogens is 2. The van der Waals surface area contributed by atoms with Gasteiger partial charge in [-0.2, -0.15) is 0 Å². The van der Waals surface area contributed by atoms with Crippen LogP contribution in [0.2, 0.25) is 0 Å². The van der Waals surface area contributed by atoms with Crippen molar-refractivity contribution in [3.63, 3.8) is 0 Å². The molecule has 2 heterocycles. The zero-order valence-electron chi connectivity index (χ0n) is 26.4. The monoisotopic (exact) mass is 598 g/mol. The molecule has 2 amide bonds. The lowest BCUT2D eigenvalue weighted by Crippen LogP contribution is -2.30. The summed E-state index contributed by atoms with van der Waals surface area (Å²) in [7, 11) is 0. The minimum atomic E-state index is -0.502. The number of esters is 1. The van der Waals surface area contributed by atoms with Crippen LogP contribution < -0.4 is 20.9 Å². The van der Waals surface area contributed by atoms with Crippen LogP contribution in [0.25, 0.3) is 22.2 Å². The second kappa shape index (κ2) is 14.7. The number of benzene rings is 2. The number of pyridine rings is 2. The van der Waals surface area contributed by atoms with E-state index in [1.807, 2.05) is 42.5 Å². The number of anilines is 2. The number of para-hydroxylation sites is 1. The number of rotatable bonds is 12. The van der Waals surface area contributed by atoms with Crippen LogP contribution in [-0.2, 0) is 16.1 Å². The predicted octanol–water partition coefficient (Wildman–Crippen LogP) is 7.70. The highest BCUT2D eigenvalue weighted by atomic mass is 16.6. The smallest absolute Gasteiger partial charge is 0.323 e. The molecule has 4 rings (SSSR count). The standard InChI is InChI=1S/C35H42N4O5/c1-7-8-18-39-33-29(16-11-17-36-33)30(25-12-9-13-26(21-25)44-20-19-43-24(6)40)32(34(39)41)38-35(42)37-31-27(22(2)3)14-10-15-28(31)23(4)5/h9-17,21-23H,7-8,18-20H2,1-6H3,(H2,37,38,42). The average molecular weight is 599 g/mol. The molecule has 0 bridgehead atoms. The summed E-state index contributed by atoms with van der Waals surface area (Å²) in [4.78, 5) is 43.7. The number of amides is 2. The van der Waals surface area contributed by atoms with Gasteiger partial charge in [0.15, 0.2) is 0 Å². The third-order valence-electron chi connectivity index (χ3n) is 7.39. The minimum Gasteiger partial charge on any atom is -0.490 e. The van der Waals surface area contributed by atoms with Crippen molar-refractivity contribution in [3.05, 3.63) is 82.3 Å². The molecule has 4 aromatic rings. The summed E-state index contributed by atoms with van der Waals surface area (Å²) in [5.41, 5.74) is 4.39. The molecule has 0 aliphatic rings. The van der Waals surface area contributed by atoms with Crippen molar-refractivity contribution in [2.24, 2.45) is 0 Å². The molecule has 9 heteroatoms. The van der Waals surface area contributed by atoms with Crippen LogP contribution >= 0.6 is 0 Å². The van der Waals surface area contributed by atoms with E-state index < -0.39 is 6.03 Å². The van der Waals surface area contributed by atoms with E-state index in [4.69, 9.17) is 9.47 Å². The van der Waals surface area contributed by atoms with Gasteiger partial charge in [-0.15, -0.1) is 0 Å². The van der Waals surface area contributed by atoms with Crippen molar-refractivity contribution in [1.29, 1.82) is 0 Å². The first-order valence-corrected chi connectivity index (χ1v) is 15.2.